The van der Waals surface area contributed by atoms with Gasteiger partial charge in [0.15, 0.2) is 0 Å². The van der Waals surface area contributed by atoms with Crippen LogP contribution >= 0.6 is 11.6 Å². The fourth-order valence-electron chi connectivity index (χ4n) is 1.83. The number of rotatable bonds is 7. The molecule has 0 heterocycles. The summed E-state index contributed by atoms with van der Waals surface area (Å²) in [5, 5.41) is 9.53. The molecule has 0 saturated carbocycles. The van der Waals surface area contributed by atoms with Crippen LogP contribution < -0.4 is 4.72 Å². The maximum Gasteiger partial charge on any atom is 0.240 e. The molecule has 1 aromatic carbocycles. The second-order valence-electron chi connectivity index (χ2n) is 4.90. The molecule has 0 radical (unpaired) electrons. The highest BCUT2D eigenvalue weighted by Gasteiger charge is 2.19. The Labute approximate surface area is 125 Å². The van der Waals surface area contributed by atoms with Crippen molar-refractivity contribution in [2.75, 3.05) is 27.2 Å². The van der Waals surface area contributed by atoms with Crippen LogP contribution in [0.25, 0.3) is 0 Å². The van der Waals surface area contributed by atoms with Crippen LogP contribution in [0.4, 0.5) is 0 Å². The first-order chi connectivity index (χ1) is 9.27. The van der Waals surface area contributed by atoms with E-state index in [1.54, 1.807) is 13.0 Å². The topological polar surface area (TPSA) is 69.6 Å². The number of nitrogens with zero attached hydrogens (tertiary/aromatic N) is 1. The van der Waals surface area contributed by atoms with Crippen molar-refractivity contribution in [2.24, 2.45) is 0 Å². The number of aliphatic hydroxyl groups excluding tert-OH is 1. The number of benzene rings is 1. The summed E-state index contributed by atoms with van der Waals surface area (Å²) in [6.45, 7) is 2.59. The summed E-state index contributed by atoms with van der Waals surface area (Å²) in [5.74, 6) is 0. The monoisotopic (exact) mass is 320 g/mol. The minimum absolute atomic E-state index is 0.124. The number of sulfonamides is 1. The van der Waals surface area contributed by atoms with Crippen LogP contribution in [0.15, 0.2) is 17.0 Å². The summed E-state index contributed by atoms with van der Waals surface area (Å²) in [6, 6.07) is 2.98. The second kappa shape index (κ2) is 7.38. The Hall–Kier alpha value is -0.660. The van der Waals surface area contributed by atoms with E-state index in [0.717, 1.165) is 13.0 Å². The van der Waals surface area contributed by atoms with E-state index >= 15 is 0 Å². The minimum atomic E-state index is -3.61. The van der Waals surface area contributed by atoms with E-state index in [1.807, 2.05) is 19.0 Å². The number of halogens is 1. The van der Waals surface area contributed by atoms with Gasteiger partial charge in [-0.15, -0.1) is 0 Å². The molecule has 0 aliphatic rings. The first-order valence-corrected chi connectivity index (χ1v) is 8.18. The van der Waals surface area contributed by atoms with E-state index in [2.05, 4.69) is 4.72 Å². The fourth-order valence-corrected chi connectivity index (χ4v) is 3.52. The molecule has 0 aliphatic heterocycles. The van der Waals surface area contributed by atoms with Gasteiger partial charge in [-0.25, -0.2) is 13.1 Å². The van der Waals surface area contributed by atoms with Gasteiger partial charge in [0.1, 0.15) is 0 Å². The molecule has 0 amide bonds. The Bertz CT molecular complexity index is 559. The minimum Gasteiger partial charge on any atom is -0.392 e. The number of hydrogen-bond acceptors (Lipinski definition) is 4. The quantitative estimate of drug-likeness (QED) is 0.745. The molecular weight excluding hydrogens is 300 g/mol. The van der Waals surface area contributed by atoms with E-state index < -0.39 is 10.0 Å². The summed E-state index contributed by atoms with van der Waals surface area (Å²) in [6.07, 6.45) is 0.721. The molecule has 0 unspecified atom stereocenters. The molecule has 1 rings (SSSR count). The van der Waals surface area contributed by atoms with Gasteiger partial charge in [0, 0.05) is 11.6 Å². The molecule has 0 atom stereocenters. The zero-order valence-electron chi connectivity index (χ0n) is 12.0. The molecule has 0 bridgehead atoms. The molecule has 0 spiro atoms. The third-order valence-corrected chi connectivity index (χ3v) is 4.77. The summed E-state index contributed by atoms with van der Waals surface area (Å²) in [7, 11) is 0.259. The lowest BCUT2D eigenvalue weighted by Crippen LogP contribution is -2.28. The zero-order valence-corrected chi connectivity index (χ0v) is 13.6. The second-order valence-corrected chi connectivity index (χ2v) is 7.07. The van der Waals surface area contributed by atoms with E-state index in [0.29, 0.717) is 22.7 Å². The van der Waals surface area contributed by atoms with E-state index in [9.17, 15) is 13.5 Å². The smallest absolute Gasteiger partial charge is 0.240 e. The van der Waals surface area contributed by atoms with Gasteiger partial charge in [-0.05, 0) is 57.2 Å². The van der Waals surface area contributed by atoms with Crippen molar-refractivity contribution in [1.29, 1.82) is 0 Å². The van der Waals surface area contributed by atoms with Crippen LogP contribution in [0.3, 0.4) is 0 Å². The van der Waals surface area contributed by atoms with Crippen molar-refractivity contribution < 1.29 is 13.5 Å². The largest absolute Gasteiger partial charge is 0.392 e. The average Bonchev–Trinajstić information content (AvgIpc) is 2.36. The van der Waals surface area contributed by atoms with Crippen LogP contribution in [-0.4, -0.2) is 45.6 Å². The van der Waals surface area contributed by atoms with Gasteiger partial charge in [0.05, 0.1) is 11.5 Å². The molecule has 114 valence electrons. The molecule has 20 heavy (non-hydrogen) atoms. The zero-order chi connectivity index (χ0) is 15.3. The lowest BCUT2D eigenvalue weighted by molar-refractivity contribution is 0.280. The number of aliphatic hydroxyl groups is 1. The van der Waals surface area contributed by atoms with Crippen molar-refractivity contribution in [3.8, 4) is 0 Å². The van der Waals surface area contributed by atoms with Crippen LogP contribution in [-0.2, 0) is 16.6 Å². The fraction of sp³-hybridized carbons (Fsp3) is 0.538. The average molecular weight is 321 g/mol. The number of nitrogens with one attached hydrogen (secondary N) is 1. The Morgan fingerprint density at radius 3 is 2.55 bits per heavy atom. The van der Waals surface area contributed by atoms with Crippen LogP contribution in [0, 0.1) is 6.92 Å². The Balaban J connectivity index is 2.90. The predicted octanol–water partition coefficient (Wildman–Crippen LogP) is 1.37. The van der Waals surface area contributed by atoms with Crippen molar-refractivity contribution in [1.82, 2.24) is 9.62 Å². The number of hydrogen-bond donors (Lipinski definition) is 2. The summed E-state index contributed by atoms with van der Waals surface area (Å²) >= 11 is 5.90. The van der Waals surface area contributed by atoms with Gasteiger partial charge >= 0.3 is 0 Å². The Morgan fingerprint density at radius 2 is 2.00 bits per heavy atom. The van der Waals surface area contributed by atoms with Gasteiger partial charge in [-0.3, -0.25) is 0 Å². The standard InChI is InChI=1S/C13H21ClN2O3S/c1-10-11(9-17)7-12(14)8-13(10)20(18,19)15-5-4-6-16(2)3/h7-8,15,17H,4-6,9H2,1-3H3. The van der Waals surface area contributed by atoms with Gasteiger partial charge in [-0.1, -0.05) is 11.6 Å². The van der Waals surface area contributed by atoms with Gasteiger partial charge in [0.25, 0.3) is 0 Å². The molecule has 0 aromatic heterocycles. The van der Waals surface area contributed by atoms with E-state index in [4.69, 9.17) is 11.6 Å². The van der Waals surface area contributed by atoms with Gasteiger partial charge < -0.3 is 10.0 Å². The predicted molar refractivity (Wildman–Crippen MR) is 80.5 cm³/mol. The highest BCUT2D eigenvalue weighted by Crippen LogP contribution is 2.24. The molecule has 1 aromatic rings. The Morgan fingerprint density at radius 1 is 1.35 bits per heavy atom. The maximum atomic E-state index is 12.3. The highest BCUT2D eigenvalue weighted by molar-refractivity contribution is 7.89. The normalized spacial score (nSPS) is 12.1. The molecule has 7 heteroatoms. The van der Waals surface area contributed by atoms with Crippen LogP contribution in [0.5, 0.6) is 0 Å². The van der Waals surface area contributed by atoms with Gasteiger partial charge in [-0.2, -0.15) is 0 Å². The molecule has 2 N–H and O–H groups in total. The van der Waals surface area contributed by atoms with Crippen molar-refractivity contribution in [3.05, 3.63) is 28.3 Å². The highest BCUT2D eigenvalue weighted by atomic mass is 35.5. The van der Waals surface area contributed by atoms with Crippen LogP contribution in [0.2, 0.25) is 5.02 Å². The van der Waals surface area contributed by atoms with Crippen LogP contribution in [0.1, 0.15) is 17.5 Å². The lowest BCUT2D eigenvalue weighted by atomic mass is 10.1. The molecule has 0 aliphatic carbocycles. The third-order valence-electron chi connectivity index (χ3n) is 2.97. The molecule has 0 saturated heterocycles. The Kier molecular flexibility index (Phi) is 6.42. The van der Waals surface area contributed by atoms with E-state index in [-0.39, 0.29) is 11.5 Å². The summed E-state index contributed by atoms with van der Waals surface area (Å²) < 4.78 is 27.1. The third kappa shape index (κ3) is 4.71. The molecule has 5 nitrogen and oxygen atoms in total. The van der Waals surface area contributed by atoms with Crippen molar-refractivity contribution in [3.63, 3.8) is 0 Å². The first-order valence-electron chi connectivity index (χ1n) is 6.32. The van der Waals surface area contributed by atoms with Crippen molar-refractivity contribution in [2.45, 2.75) is 24.8 Å². The van der Waals surface area contributed by atoms with Gasteiger partial charge in [0.2, 0.25) is 10.0 Å². The van der Waals surface area contributed by atoms with E-state index in [1.165, 1.54) is 6.07 Å². The maximum absolute atomic E-state index is 12.3. The SMILES string of the molecule is Cc1c(CO)cc(Cl)cc1S(=O)(=O)NCCCN(C)C. The first kappa shape index (κ1) is 17.4. The summed E-state index contributed by atoms with van der Waals surface area (Å²) in [4.78, 5) is 2.11. The summed E-state index contributed by atoms with van der Waals surface area (Å²) in [5.41, 5.74) is 1.04. The molecule has 0 fully saturated rings. The van der Waals surface area contributed by atoms with Crippen molar-refractivity contribution >= 4 is 21.6 Å². The lowest BCUT2D eigenvalue weighted by Gasteiger charge is -2.13. The molecular formula is C13H21ClN2O3S.